The van der Waals surface area contributed by atoms with Crippen LogP contribution in [0.5, 0.6) is 0 Å². The molecule has 0 heterocycles. The molecule has 0 aromatic heterocycles. The standard InChI is InChI=1S/C16H15Cl/c17-12-4-7-14-8-10-16(11-9-14)13-15-5-2-1-3-6-15/h1-11H,12-13H2/b7-4+. The van der Waals surface area contributed by atoms with Crippen molar-refractivity contribution in [1.82, 2.24) is 0 Å². The first-order chi connectivity index (χ1) is 8.38. The van der Waals surface area contributed by atoms with E-state index < -0.39 is 0 Å². The maximum Gasteiger partial charge on any atom is 0.0407 e. The van der Waals surface area contributed by atoms with Crippen molar-refractivity contribution in [2.75, 3.05) is 5.88 Å². The molecule has 0 spiro atoms. The van der Waals surface area contributed by atoms with Crippen LogP contribution in [0.2, 0.25) is 0 Å². The fraction of sp³-hybridized carbons (Fsp3) is 0.125. The van der Waals surface area contributed by atoms with Gasteiger partial charge in [0.2, 0.25) is 0 Å². The molecule has 0 aliphatic carbocycles. The first-order valence-electron chi connectivity index (χ1n) is 5.74. The SMILES string of the molecule is ClC/C=C/c1ccc(Cc2ccccc2)cc1. The first kappa shape index (κ1) is 11.9. The summed E-state index contributed by atoms with van der Waals surface area (Å²) in [4.78, 5) is 0. The van der Waals surface area contributed by atoms with Gasteiger partial charge < -0.3 is 0 Å². The van der Waals surface area contributed by atoms with Crippen molar-refractivity contribution in [2.24, 2.45) is 0 Å². The summed E-state index contributed by atoms with van der Waals surface area (Å²) in [7, 11) is 0. The van der Waals surface area contributed by atoms with E-state index in [0.29, 0.717) is 5.88 Å². The highest BCUT2D eigenvalue weighted by Gasteiger charge is 1.95. The van der Waals surface area contributed by atoms with E-state index in [-0.39, 0.29) is 0 Å². The molecular formula is C16H15Cl. The van der Waals surface area contributed by atoms with Gasteiger partial charge >= 0.3 is 0 Å². The molecule has 0 amide bonds. The predicted octanol–water partition coefficient (Wildman–Crippen LogP) is 4.53. The molecule has 0 saturated heterocycles. The van der Waals surface area contributed by atoms with Gasteiger partial charge in [0.15, 0.2) is 0 Å². The number of alkyl halides is 1. The zero-order valence-electron chi connectivity index (χ0n) is 9.64. The number of halogens is 1. The molecule has 0 unspecified atom stereocenters. The molecule has 2 aromatic carbocycles. The Morgan fingerprint density at radius 1 is 0.824 bits per heavy atom. The van der Waals surface area contributed by atoms with Crippen molar-refractivity contribution in [3.63, 3.8) is 0 Å². The molecule has 0 bridgehead atoms. The van der Waals surface area contributed by atoms with E-state index in [1.807, 2.05) is 18.2 Å². The van der Waals surface area contributed by atoms with E-state index in [2.05, 4.69) is 48.5 Å². The summed E-state index contributed by atoms with van der Waals surface area (Å²) in [5.74, 6) is 0.561. The molecule has 0 saturated carbocycles. The molecule has 86 valence electrons. The zero-order chi connectivity index (χ0) is 11.9. The Bertz CT molecular complexity index is 469. The predicted molar refractivity (Wildman–Crippen MR) is 75.4 cm³/mol. The van der Waals surface area contributed by atoms with Crippen molar-refractivity contribution in [1.29, 1.82) is 0 Å². The number of rotatable bonds is 4. The van der Waals surface area contributed by atoms with Gasteiger partial charge in [-0.2, -0.15) is 0 Å². The third-order valence-electron chi connectivity index (χ3n) is 2.63. The minimum atomic E-state index is 0.561. The number of hydrogen-bond donors (Lipinski definition) is 0. The molecule has 0 nitrogen and oxygen atoms in total. The van der Waals surface area contributed by atoms with Crippen LogP contribution in [-0.4, -0.2) is 5.88 Å². The first-order valence-corrected chi connectivity index (χ1v) is 6.27. The maximum atomic E-state index is 5.60. The van der Waals surface area contributed by atoms with Crippen LogP contribution in [0.25, 0.3) is 6.08 Å². The van der Waals surface area contributed by atoms with E-state index in [0.717, 1.165) is 6.42 Å². The summed E-state index contributed by atoms with van der Waals surface area (Å²) in [6.07, 6.45) is 4.98. The summed E-state index contributed by atoms with van der Waals surface area (Å²) in [5.41, 5.74) is 3.87. The molecule has 2 aromatic rings. The Kier molecular flexibility index (Phi) is 4.40. The highest BCUT2D eigenvalue weighted by atomic mass is 35.5. The van der Waals surface area contributed by atoms with Crippen molar-refractivity contribution in [2.45, 2.75) is 6.42 Å². The lowest BCUT2D eigenvalue weighted by atomic mass is 10.0. The van der Waals surface area contributed by atoms with E-state index in [4.69, 9.17) is 11.6 Å². The smallest absolute Gasteiger partial charge is 0.0407 e. The molecule has 0 radical (unpaired) electrons. The van der Waals surface area contributed by atoms with Crippen LogP contribution in [0.15, 0.2) is 60.7 Å². The normalized spacial score (nSPS) is 10.9. The molecule has 17 heavy (non-hydrogen) atoms. The van der Waals surface area contributed by atoms with E-state index in [1.165, 1.54) is 16.7 Å². The van der Waals surface area contributed by atoms with Crippen LogP contribution < -0.4 is 0 Å². The topological polar surface area (TPSA) is 0 Å². The Balaban J connectivity index is 2.06. The number of allylic oxidation sites excluding steroid dienone is 1. The largest absolute Gasteiger partial charge is 0.122 e. The maximum absolute atomic E-state index is 5.60. The highest BCUT2D eigenvalue weighted by Crippen LogP contribution is 2.11. The van der Waals surface area contributed by atoms with Crippen molar-refractivity contribution in [3.8, 4) is 0 Å². The van der Waals surface area contributed by atoms with Crippen LogP contribution in [0.3, 0.4) is 0 Å². The summed E-state index contributed by atoms with van der Waals surface area (Å²) < 4.78 is 0. The second kappa shape index (κ2) is 6.27. The van der Waals surface area contributed by atoms with Crippen molar-refractivity contribution in [3.05, 3.63) is 77.4 Å². The fourth-order valence-corrected chi connectivity index (χ4v) is 1.85. The Labute approximate surface area is 108 Å². The molecule has 0 N–H and O–H groups in total. The molecule has 0 aliphatic rings. The van der Waals surface area contributed by atoms with Crippen LogP contribution in [-0.2, 0) is 6.42 Å². The van der Waals surface area contributed by atoms with E-state index in [9.17, 15) is 0 Å². The molecule has 0 atom stereocenters. The highest BCUT2D eigenvalue weighted by molar-refractivity contribution is 6.19. The van der Waals surface area contributed by atoms with Crippen molar-refractivity contribution >= 4 is 17.7 Å². The third-order valence-corrected chi connectivity index (χ3v) is 2.81. The average Bonchev–Trinajstić information content (AvgIpc) is 2.39. The number of benzene rings is 2. The third kappa shape index (κ3) is 3.76. The van der Waals surface area contributed by atoms with Gasteiger partial charge in [0.05, 0.1) is 0 Å². The summed E-state index contributed by atoms with van der Waals surface area (Å²) in [6, 6.07) is 19.1. The lowest BCUT2D eigenvalue weighted by molar-refractivity contribution is 1.19. The molecule has 2 rings (SSSR count). The van der Waals surface area contributed by atoms with Gasteiger partial charge in [0, 0.05) is 5.88 Å². The average molecular weight is 243 g/mol. The Morgan fingerprint density at radius 3 is 2.12 bits per heavy atom. The fourth-order valence-electron chi connectivity index (χ4n) is 1.76. The summed E-state index contributed by atoms with van der Waals surface area (Å²) in [5, 5.41) is 0. The molecule has 0 aliphatic heterocycles. The Morgan fingerprint density at radius 2 is 1.47 bits per heavy atom. The van der Waals surface area contributed by atoms with Gasteiger partial charge in [-0.25, -0.2) is 0 Å². The van der Waals surface area contributed by atoms with Crippen LogP contribution >= 0.6 is 11.6 Å². The van der Waals surface area contributed by atoms with Gasteiger partial charge in [0.25, 0.3) is 0 Å². The van der Waals surface area contributed by atoms with Gasteiger partial charge in [-0.05, 0) is 23.1 Å². The molecule has 1 heteroatoms. The van der Waals surface area contributed by atoms with Gasteiger partial charge in [-0.1, -0.05) is 66.7 Å². The van der Waals surface area contributed by atoms with Gasteiger partial charge in [-0.15, -0.1) is 11.6 Å². The van der Waals surface area contributed by atoms with Gasteiger partial charge in [-0.3, -0.25) is 0 Å². The van der Waals surface area contributed by atoms with Gasteiger partial charge in [0.1, 0.15) is 0 Å². The number of hydrogen-bond acceptors (Lipinski definition) is 0. The summed E-state index contributed by atoms with van der Waals surface area (Å²) >= 11 is 5.60. The summed E-state index contributed by atoms with van der Waals surface area (Å²) in [6.45, 7) is 0. The lowest BCUT2D eigenvalue weighted by Crippen LogP contribution is -1.87. The molecular weight excluding hydrogens is 228 g/mol. The van der Waals surface area contributed by atoms with E-state index >= 15 is 0 Å². The molecule has 0 fully saturated rings. The lowest BCUT2D eigenvalue weighted by Gasteiger charge is -2.02. The van der Waals surface area contributed by atoms with Crippen LogP contribution in [0.4, 0.5) is 0 Å². The van der Waals surface area contributed by atoms with Crippen LogP contribution in [0, 0.1) is 0 Å². The minimum Gasteiger partial charge on any atom is -0.122 e. The zero-order valence-corrected chi connectivity index (χ0v) is 10.4. The Hall–Kier alpha value is -1.53. The van der Waals surface area contributed by atoms with Crippen molar-refractivity contribution < 1.29 is 0 Å². The quantitative estimate of drug-likeness (QED) is 0.691. The van der Waals surface area contributed by atoms with E-state index in [1.54, 1.807) is 0 Å². The second-order valence-corrected chi connectivity index (χ2v) is 4.27. The van der Waals surface area contributed by atoms with Crippen LogP contribution in [0.1, 0.15) is 16.7 Å². The minimum absolute atomic E-state index is 0.561. The monoisotopic (exact) mass is 242 g/mol. The second-order valence-electron chi connectivity index (χ2n) is 3.96.